The highest BCUT2D eigenvalue weighted by Gasteiger charge is 2.27. The van der Waals surface area contributed by atoms with Crippen LogP contribution < -0.4 is 0 Å². The smallest absolute Gasteiger partial charge is 0.314 e. The van der Waals surface area contributed by atoms with Crippen LogP contribution >= 0.6 is 0 Å². The van der Waals surface area contributed by atoms with Crippen LogP contribution in [-0.4, -0.2) is 31.3 Å². The summed E-state index contributed by atoms with van der Waals surface area (Å²) in [4.78, 5) is 11.4. The van der Waals surface area contributed by atoms with Crippen LogP contribution in [0.4, 0.5) is 0 Å². The number of carbonyl (C=O) groups is 1. The Balaban J connectivity index is 2.40. The van der Waals surface area contributed by atoms with E-state index >= 15 is 0 Å². The zero-order chi connectivity index (χ0) is 13.8. The van der Waals surface area contributed by atoms with Crippen LogP contribution in [-0.2, 0) is 4.79 Å². The molecule has 1 unspecified atom stereocenters. The number of carboxylic acid groups (broad SMARTS) is 1. The summed E-state index contributed by atoms with van der Waals surface area (Å²) in [6.07, 6.45) is 0.503. The molecule has 1 aromatic carbocycles. The molecule has 0 aliphatic carbocycles. The van der Waals surface area contributed by atoms with Gasteiger partial charge in [-0.05, 0) is 34.9 Å². The van der Waals surface area contributed by atoms with E-state index in [9.17, 15) is 9.90 Å². The number of para-hydroxylation sites is 1. The summed E-state index contributed by atoms with van der Waals surface area (Å²) in [5.41, 5.74) is 0.762. The maximum atomic E-state index is 11.4. The topological polar surface area (TPSA) is 80.9 Å². The number of tetrazole rings is 1. The molecule has 1 heterocycles. The number of carboxylic acids is 1. The van der Waals surface area contributed by atoms with Gasteiger partial charge in [-0.15, -0.1) is 5.10 Å². The third-order valence-corrected chi connectivity index (χ3v) is 2.81. The number of nitrogens with zero attached hydrogens (tertiary/aromatic N) is 4. The summed E-state index contributed by atoms with van der Waals surface area (Å²) in [5, 5.41) is 20.7. The van der Waals surface area contributed by atoms with Crippen molar-refractivity contribution in [2.75, 3.05) is 0 Å². The lowest BCUT2D eigenvalue weighted by Crippen LogP contribution is -2.19. The minimum absolute atomic E-state index is 0.252. The molecule has 2 rings (SSSR count). The lowest BCUT2D eigenvalue weighted by molar-refractivity contribution is -0.139. The summed E-state index contributed by atoms with van der Waals surface area (Å²) in [6, 6.07) is 9.29. The Hall–Kier alpha value is -2.24. The van der Waals surface area contributed by atoms with Crippen LogP contribution in [0.5, 0.6) is 0 Å². The molecule has 0 aliphatic rings. The molecule has 1 atom stereocenters. The van der Waals surface area contributed by atoms with Crippen molar-refractivity contribution in [3.63, 3.8) is 0 Å². The molecule has 0 saturated carbocycles. The molecule has 0 spiro atoms. The highest BCUT2D eigenvalue weighted by atomic mass is 16.4. The van der Waals surface area contributed by atoms with Gasteiger partial charge in [0.15, 0.2) is 5.82 Å². The standard InChI is InChI=1S/C13H16N4O2/c1-9(2)8-11(13(18)19)12-14-15-16-17(12)10-6-4-3-5-7-10/h3-7,9,11H,8H2,1-2H3,(H,18,19). The first kappa shape index (κ1) is 13.2. The van der Waals surface area contributed by atoms with Gasteiger partial charge in [-0.1, -0.05) is 32.0 Å². The van der Waals surface area contributed by atoms with E-state index in [1.54, 1.807) is 0 Å². The van der Waals surface area contributed by atoms with Crippen LogP contribution in [0.25, 0.3) is 5.69 Å². The highest BCUT2D eigenvalue weighted by molar-refractivity contribution is 5.75. The Bertz CT molecular complexity index is 551. The summed E-state index contributed by atoms with van der Waals surface area (Å²) in [5.74, 6) is -0.981. The van der Waals surface area contributed by atoms with E-state index in [0.717, 1.165) is 5.69 Å². The van der Waals surface area contributed by atoms with Gasteiger partial charge in [0.05, 0.1) is 5.69 Å². The van der Waals surface area contributed by atoms with Gasteiger partial charge in [0.1, 0.15) is 5.92 Å². The van der Waals surface area contributed by atoms with Crippen molar-refractivity contribution in [1.29, 1.82) is 0 Å². The van der Waals surface area contributed by atoms with Crippen molar-refractivity contribution in [3.05, 3.63) is 36.2 Å². The Morgan fingerprint density at radius 2 is 2.00 bits per heavy atom. The molecule has 19 heavy (non-hydrogen) atoms. The molecule has 6 heteroatoms. The monoisotopic (exact) mass is 260 g/mol. The molecule has 1 aromatic heterocycles. The summed E-state index contributed by atoms with van der Waals surface area (Å²) >= 11 is 0. The van der Waals surface area contributed by atoms with Crippen LogP contribution in [0.1, 0.15) is 32.0 Å². The van der Waals surface area contributed by atoms with Gasteiger partial charge in [-0.2, -0.15) is 4.68 Å². The van der Waals surface area contributed by atoms with Crippen molar-refractivity contribution in [1.82, 2.24) is 20.2 Å². The Morgan fingerprint density at radius 3 is 2.58 bits per heavy atom. The molecule has 6 nitrogen and oxygen atoms in total. The minimum atomic E-state index is -0.902. The van der Waals surface area contributed by atoms with Crippen LogP contribution in [0.3, 0.4) is 0 Å². The largest absolute Gasteiger partial charge is 0.481 e. The van der Waals surface area contributed by atoms with Gasteiger partial charge >= 0.3 is 5.97 Å². The molecule has 0 bridgehead atoms. The normalized spacial score (nSPS) is 12.6. The fourth-order valence-corrected chi connectivity index (χ4v) is 1.95. The SMILES string of the molecule is CC(C)CC(C(=O)O)c1nnnn1-c1ccccc1. The molecular formula is C13H16N4O2. The van der Waals surface area contributed by atoms with Gasteiger partial charge in [-0.25, -0.2) is 0 Å². The average molecular weight is 260 g/mol. The lowest BCUT2D eigenvalue weighted by atomic mass is 9.96. The van der Waals surface area contributed by atoms with E-state index in [1.807, 2.05) is 44.2 Å². The number of benzene rings is 1. The van der Waals surface area contributed by atoms with Crippen molar-refractivity contribution >= 4 is 5.97 Å². The molecule has 100 valence electrons. The number of hydrogen-bond acceptors (Lipinski definition) is 4. The third kappa shape index (κ3) is 2.96. The van der Waals surface area contributed by atoms with E-state index in [2.05, 4.69) is 15.5 Å². The van der Waals surface area contributed by atoms with Crippen molar-refractivity contribution in [2.24, 2.45) is 5.92 Å². The van der Waals surface area contributed by atoms with Crippen LogP contribution in [0.15, 0.2) is 30.3 Å². The molecule has 0 aliphatic heterocycles. The summed E-state index contributed by atoms with van der Waals surface area (Å²) < 4.78 is 1.49. The third-order valence-electron chi connectivity index (χ3n) is 2.81. The fourth-order valence-electron chi connectivity index (χ4n) is 1.95. The van der Waals surface area contributed by atoms with E-state index in [0.29, 0.717) is 12.2 Å². The second kappa shape index (κ2) is 5.60. The Labute approximate surface area is 111 Å². The van der Waals surface area contributed by atoms with Crippen LogP contribution in [0, 0.1) is 5.92 Å². The van der Waals surface area contributed by atoms with E-state index < -0.39 is 11.9 Å². The van der Waals surface area contributed by atoms with Gasteiger partial charge < -0.3 is 5.11 Å². The number of hydrogen-bond donors (Lipinski definition) is 1. The fraction of sp³-hybridized carbons (Fsp3) is 0.385. The maximum Gasteiger partial charge on any atom is 0.314 e. The first-order valence-electron chi connectivity index (χ1n) is 6.16. The van der Waals surface area contributed by atoms with Crippen molar-refractivity contribution in [2.45, 2.75) is 26.2 Å². The molecule has 0 saturated heterocycles. The van der Waals surface area contributed by atoms with Crippen molar-refractivity contribution in [3.8, 4) is 5.69 Å². The second-order valence-electron chi connectivity index (χ2n) is 4.80. The van der Waals surface area contributed by atoms with Gasteiger partial charge in [0, 0.05) is 0 Å². The van der Waals surface area contributed by atoms with Gasteiger partial charge in [0.2, 0.25) is 0 Å². The molecule has 1 N–H and O–H groups in total. The van der Waals surface area contributed by atoms with Gasteiger partial charge in [0.25, 0.3) is 0 Å². The van der Waals surface area contributed by atoms with Gasteiger partial charge in [-0.3, -0.25) is 4.79 Å². The molecular weight excluding hydrogens is 244 g/mol. The lowest BCUT2D eigenvalue weighted by Gasteiger charge is -2.14. The Kier molecular flexibility index (Phi) is 3.89. The quantitative estimate of drug-likeness (QED) is 0.887. The zero-order valence-corrected chi connectivity index (χ0v) is 10.9. The first-order valence-corrected chi connectivity index (χ1v) is 6.16. The molecule has 2 aromatic rings. The minimum Gasteiger partial charge on any atom is -0.481 e. The number of rotatable bonds is 5. The summed E-state index contributed by atoms with van der Waals surface area (Å²) in [7, 11) is 0. The maximum absolute atomic E-state index is 11.4. The molecule has 0 amide bonds. The number of aliphatic carboxylic acids is 1. The summed E-state index contributed by atoms with van der Waals surface area (Å²) in [6.45, 7) is 3.96. The molecule has 0 fully saturated rings. The van der Waals surface area contributed by atoms with Crippen molar-refractivity contribution < 1.29 is 9.90 Å². The molecule has 0 radical (unpaired) electrons. The number of aromatic nitrogens is 4. The second-order valence-corrected chi connectivity index (χ2v) is 4.80. The van der Waals surface area contributed by atoms with E-state index in [4.69, 9.17) is 0 Å². The predicted molar refractivity (Wildman–Crippen MR) is 69.0 cm³/mol. The van der Waals surface area contributed by atoms with E-state index in [1.165, 1.54) is 4.68 Å². The average Bonchev–Trinajstić information content (AvgIpc) is 2.85. The van der Waals surface area contributed by atoms with Crippen LogP contribution in [0.2, 0.25) is 0 Å². The first-order chi connectivity index (χ1) is 9.09. The highest BCUT2D eigenvalue weighted by Crippen LogP contribution is 2.23. The zero-order valence-electron chi connectivity index (χ0n) is 10.9. The van der Waals surface area contributed by atoms with E-state index in [-0.39, 0.29) is 5.92 Å². The Morgan fingerprint density at radius 1 is 1.32 bits per heavy atom. The predicted octanol–water partition coefficient (Wildman–Crippen LogP) is 1.88.